The number of carbonyl (C=O) groups is 1. The molecule has 0 aliphatic carbocycles. The van der Waals surface area contributed by atoms with Gasteiger partial charge in [0, 0.05) is 11.8 Å². The summed E-state index contributed by atoms with van der Waals surface area (Å²) in [5.41, 5.74) is -1.77. The molecule has 0 aliphatic heterocycles. The van der Waals surface area contributed by atoms with Gasteiger partial charge in [-0.25, -0.2) is 4.79 Å². The van der Waals surface area contributed by atoms with Crippen molar-refractivity contribution in [3.05, 3.63) is 69.6 Å². The molecule has 1 aromatic carbocycles. The number of aromatic amines is 1. The van der Waals surface area contributed by atoms with Gasteiger partial charge < -0.3 is 15.0 Å². The predicted molar refractivity (Wildman–Crippen MR) is 83.6 cm³/mol. The number of ether oxygens (including phenoxy) is 1. The number of alkyl carbamates (subject to hydrolysis) is 1. The summed E-state index contributed by atoms with van der Waals surface area (Å²) in [6, 6.07) is 9.69. The minimum Gasteiger partial charge on any atom is -0.445 e. The van der Waals surface area contributed by atoms with E-state index in [4.69, 9.17) is 4.74 Å². The Hall–Kier alpha value is -3.21. The highest BCUT2D eigenvalue weighted by Crippen LogP contribution is 2.26. The lowest BCUT2D eigenvalue weighted by Gasteiger charge is -2.05. The first-order chi connectivity index (χ1) is 11.9. The lowest BCUT2D eigenvalue weighted by molar-refractivity contribution is -0.138. The monoisotopic (exact) mass is 350 g/mol. The lowest BCUT2D eigenvalue weighted by Crippen LogP contribution is -2.24. The Morgan fingerprint density at radius 2 is 1.96 bits per heavy atom. The maximum Gasteiger partial charge on any atom is 0.421 e. The van der Waals surface area contributed by atoms with E-state index in [1.165, 1.54) is 0 Å². The molecular formula is C17H13F3N2O3. The average molecular weight is 350 g/mol. The van der Waals surface area contributed by atoms with Crippen molar-refractivity contribution in [3.8, 4) is 11.8 Å². The number of rotatable bonds is 3. The largest absolute Gasteiger partial charge is 0.445 e. The second kappa shape index (κ2) is 8.06. The van der Waals surface area contributed by atoms with Gasteiger partial charge in [0.2, 0.25) is 0 Å². The fourth-order valence-electron chi connectivity index (χ4n) is 1.80. The van der Waals surface area contributed by atoms with Crippen LogP contribution in [0.25, 0.3) is 0 Å². The van der Waals surface area contributed by atoms with Gasteiger partial charge in [0.05, 0.1) is 6.54 Å². The Balaban J connectivity index is 1.86. The molecule has 0 atom stereocenters. The van der Waals surface area contributed by atoms with Crippen molar-refractivity contribution < 1.29 is 22.7 Å². The van der Waals surface area contributed by atoms with Gasteiger partial charge in [0.25, 0.3) is 5.56 Å². The van der Waals surface area contributed by atoms with E-state index in [1.807, 2.05) is 23.2 Å². The second-order valence-corrected chi connectivity index (χ2v) is 4.85. The van der Waals surface area contributed by atoms with E-state index < -0.39 is 23.4 Å². The zero-order valence-electron chi connectivity index (χ0n) is 12.8. The summed E-state index contributed by atoms with van der Waals surface area (Å²) in [6.07, 6.45) is -4.39. The van der Waals surface area contributed by atoms with Crippen molar-refractivity contribution in [3.63, 3.8) is 0 Å². The minimum atomic E-state index is -4.76. The standard InChI is InChI=1S/C17H13F3N2O3/c18-17(19,20)14-9-13(10-22-15(14)23)7-4-8-21-16(24)25-11-12-5-2-1-3-6-12/h1-3,5-6,9-10H,8,11H2,(H,21,24)(H,22,23). The first-order valence-corrected chi connectivity index (χ1v) is 7.09. The number of hydrogen-bond acceptors (Lipinski definition) is 3. The number of pyridine rings is 1. The van der Waals surface area contributed by atoms with Crippen molar-refractivity contribution >= 4 is 6.09 Å². The van der Waals surface area contributed by atoms with Crippen LogP contribution in [-0.2, 0) is 17.5 Å². The van der Waals surface area contributed by atoms with E-state index in [0.29, 0.717) is 6.07 Å². The van der Waals surface area contributed by atoms with Crippen LogP contribution in [0.3, 0.4) is 0 Å². The third kappa shape index (κ3) is 5.73. The molecule has 0 radical (unpaired) electrons. The van der Waals surface area contributed by atoms with Crippen molar-refractivity contribution in [2.75, 3.05) is 6.54 Å². The number of halogens is 3. The van der Waals surface area contributed by atoms with Crippen LogP contribution in [0.1, 0.15) is 16.7 Å². The minimum absolute atomic E-state index is 0.0219. The number of benzene rings is 1. The van der Waals surface area contributed by atoms with Gasteiger partial charge in [-0.2, -0.15) is 13.2 Å². The van der Waals surface area contributed by atoms with Crippen molar-refractivity contribution in [1.82, 2.24) is 10.3 Å². The molecular weight excluding hydrogens is 337 g/mol. The molecule has 1 amide bonds. The topological polar surface area (TPSA) is 71.2 Å². The molecule has 2 rings (SSSR count). The van der Waals surface area contributed by atoms with E-state index in [9.17, 15) is 22.8 Å². The van der Waals surface area contributed by atoms with E-state index in [-0.39, 0.29) is 18.7 Å². The predicted octanol–water partition coefficient (Wildman–Crippen LogP) is 2.67. The summed E-state index contributed by atoms with van der Waals surface area (Å²) in [5.74, 6) is 4.90. The van der Waals surface area contributed by atoms with Crippen LogP contribution < -0.4 is 10.9 Å². The van der Waals surface area contributed by atoms with Crippen LogP contribution in [0.15, 0.2) is 47.4 Å². The van der Waals surface area contributed by atoms with E-state index in [0.717, 1.165) is 11.8 Å². The Morgan fingerprint density at radius 3 is 2.64 bits per heavy atom. The van der Waals surface area contributed by atoms with Crippen molar-refractivity contribution in [2.45, 2.75) is 12.8 Å². The zero-order valence-corrected chi connectivity index (χ0v) is 12.8. The number of carbonyl (C=O) groups excluding carboxylic acids is 1. The van der Waals surface area contributed by atoms with Crippen LogP contribution in [-0.4, -0.2) is 17.6 Å². The summed E-state index contributed by atoms with van der Waals surface area (Å²) in [6.45, 7) is -0.0247. The molecule has 5 nitrogen and oxygen atoms in total. The number of alkyl halides is 3. The Bertz CT molecular complexity index is 849. The fraction of sp³-hybridized carbons (Fsp3) is 0.176. The summed E-state index contributed by atoms with van der Waals surface area (Å²) in [7, 11) is 0. The van der Waals surface area contributed by atoms with Gasteiger partial charge in [-0.3, -0.25) is 4.79 Å². The number of aromatic nitrogens is 1. The summed E-state index contributed by atoms with van der Waals surface area (Å²) < 4.78 is 42.8. The highest BCUT2D eigenvalue weighted by atomic mass is 19.4. The van der Waals surface area contributed by atoms with Gasteiger partial charge in [-0.15, -0.1) is 0 Å². The summed E-state index contributed by atoms with van der Waals surface area (Å²) >= 11 is 0. The van der Waals surface area contributed by atoms with Crippen molar-refractivity contribution in [1.29, 1.82) is 0 Å². The molecule has 8 heteroatoms. The van der Waals surface area contributed by atoms with E-state index in [2.05, 4.69) is 17.2 Å². The quantitative estimate of drug-likeness (QED) is 0.836. The number of H-pyrrole nitrogens is 1. The molecule has 130 valence electrons. The van der Waals surface area contributed by atoms with Gasteiger partial charge in [-0.05, 0) is 11.6 Å². The molecule has 0 saturated carbocycles. The van der Waals surface area contributed by atoms with Crippen LogP contribution in [0.5, 0.6) is 0 Å². The van der Waals surface area contributed by atoms with Crippen molar-refractivity contribution in [2.24, 2.45) is 0 Å². The first-order valence-electron chi connectivity index (χ1n) is 7.09. The van der Waals surface area contributed by atoms with E-state index in [1.54, 1.807) is 12.1 Å². The normalized spacial score (nSPS) is 10.5. The molecule has 0 spiro atoms. The second-order valence-electron chi connectivity index (χ2n) is 4.85. The third-order valence-electron chi connectivity index (χ3n) is 2.98. The Labute approximate surface area is 140 Å². The summed E-state index contributed by atoms with van der Waals surface area (Å²) in [4.78, 5) is 24.6. The first kappa shape index (κ1) is 18.1. The van der Waals surface area contributed by atoms with Crippen LogP contribution in [0.4, 0.5) is 18.0 Å². The van der Waals surface area contributed by atoms with Gasteiger partial charge >= 0.3 is 12.3 Å². The molecule has 0 bridgehead atoms. The number of nitrogens with one attached hydrogen (secondary N) is 2. The Morgan fingerprint density at radius 1 is 1.24 bits per heavy atom. The highest BCUT2D eigenvalue weighted by molar-refractivity contribution is 5.67. The molecule has 25 heavy (non-hydrogen) atoms. The molecule has 2 aromatic rings. The van der Waals surface area contributed by atoms with Crippen LogP contribution >= 0.6 is 0 Å². The molecule has 0 fully saturated rings. The Kier molecular flexibility index (Phi) is 5.84. The van der Waals surface area contributed by atoms with E-state index >= 15 is 0 Å². The maximum absolute atomic E-state index is 12.6. The van der Waals surface area contributed by atoms with Gasteiger partial charge in [-0.1, -0.05) is 42.2 Å². The molecule has 1 aromatic heterocycles. The van der Waals surface area contributed by atoms with Gasteiger partial charge in [0.1, 0.15) is 12.2 Å². The molecule has 0 saturated heterocycles. The highest BCUT2D eigenvalue weighted by Gasteiger charge is 2.33. The molecule has 2 N–H and O–H groups in total. The zero-order chi connectivity index (χ0) is 18.3. The third-order valence-corrected chi connectivity index (χ3v) is 2.98. The SMILES string of the molecule is O=C(NCC#Cc1c[nH]c(=O)c(C(F)(F)F)c1)OCc1ccccc1. The maximum atomic E-state index is 12.6. The smallest absolute Gasteiger partial charge is 0.421 e. The fourth-order valence-corrected chi connectivity index (χ4v) is 1.80. The molecule has 0 aliphatic rings. The van der Waals surface area contributed by atoms with Crippen LogP contribution in [0, 0.1) is 11.8 Å². The number of amides is 1. The van der Waals surface area contributed by atoms with Crippen LogP contribution in [0.2, 0.25) is 0 Å². The van der Waals surface area contributed by atoms with Gasteiger partial charge in [0.15, 0.2) is 0 Å². The summed E-state index contributed by atoms with van der Waals surface area (Å²) in [5, 5.41) is 2.35. The lowest BCUT2D eigenvalue weighted by atomic mass is 10.2. The number of hydrogen-bond donors (Lipinski definition) is 2. The average Bonchev–Trinajstić information content (AvgIpc) is 2.58. The molecule has 0 unspecified atom stereocenters. The molecule has 1 heterocycles.